The van der Waals surface area contributed by atoms with Crippen LogP contribution in [-0.4, -0.2) is 96.7 Å². The molecule has 0 rings (SSSR count). The van der Waals surface area contributed by atoms with E-state index in [1.165, 1.54) is 173 Å². The summed E-state index contributed by atoms with van der Waals surface area (Å²) in [6.45, 7) is 14.1. The molecule has 0 aliphatic carbocycles. The maximum atomic E-state index is 13.1. The highest BCUT2D eigenvalue weighted by Crippen LogP contribution is 2.45. The zero-order valence-corrected chi connectivity index (χ0v) is 63.4. The van der Waals surface area contributed by atoms with Crippen molar-refractivity contribution in [3.8, 4) is 0 Å². The minimum atomic E-state index is -4.96. The van der Waals surface area contributed by atoms with Gasteiger partial charge in [0.05, 0.1) is 26.4 Å². The van der Waals surface area contributed by atoms with Gasteiger partial charge < -0.3 is 33.8 Å². The second kappa shape index (κ2) is 64.4. The van der Waals surface area contributed by atoms with Gasteiger partial charge in [-0.1, -0.05) is 325 Å². The summed E-state index contributed by atoms with van der Waals surface area (Å²) >= 11 is 0. The molecule has 0 aromatic carbocycles. The summed E-state index contributed by atoms with van der Waals surface area (Å²) in [6.07, 6.45) is 48.9. The van der Waals surface area contributed by atoms with Crippen LogP contribution in [0.3, 0.4) is 0 Å². The van der Waals surface area contributed by atoms with Crippen molar-refractivity contribution in [3.05, 3.63) is 0 Å². The van der Waals surface area contributed by atoms with E-state index in [1.54, 1.807) is 0 Å². The number of hydrogen-bond acceptors (Lipinski definition) is 15. The third-order valence-corrected chi connectivity index (χ3v) is 19.2. The molecule has 0 spiro atoms. The van der Waals surface area contributed by atoms with Crippen LogP contribution < -0.4 is 0 Å². The van der Waals surface area contributed by atoms with Crippen molar-refractivity contribution < 1.29 is 80.2 Å². The summed E-state index contributed by atoms with van der Waals surface area (Å²) in [6, 6.07) is 0. The fraction of sp³-hybridized carbons (Fsp3) is 0.947. The van der Waals surface area contributed by atoms with Crippen molar-refractivity contribution in [1.82, 2.24) is 0 Å². The summed E-state index contributed by atoms with van der Waals surface area (Å²) in [5.74, 6) is 0.848. The van der Waals surface area contributed by atoms with Gasteiger partial charge in [0.15, 0.2) is 12.2 Å². The van der Waals surface area contributed by atoms with E-state index in [9.17, 15) is 43.2 Å². The fourth-order valence-electron chi connectivity index (χ4n) is 11.4. The van der Waals surface area contributed by atoms with Gasteiger partial charge in [-0.15, -0.1) is 0 Å². The van der Waals surface area contributed by atoms with Crippen LogP contribution >= 0.6 is 15.6 Å². The van der Waals surface area contributed by atoms with E-state index in [2.05, 4.69) is 55.4 Å². The van der Waals surface area contributed by atoms with Crippen LogP contribution in [0, 0.1) is 23.7 Å². The normalized spacial score (nSPS) is 14.2. The molecule has 3 unspecified atom stereocenters. The van der Waals surface area contributed by atoms with Gasteiger partial charge in [0.1, 0.15) is 19.3 Å². The van der Waals surface area contributed by atoms with Crippen LogP contribution in [0.25, 0.3) is 0 Å². The molecular weight excluding hydrogens is 1230 g/mol. The molecule has 0 heterocycles. The Morgan fingerprint density at radius 3 is 0.660 bits per heavy atom. The SMILES string of the molecule is CC(C)CCCCCCCCCCCCCCCCCC(=O)OC[C@H](COP(=O)(O)OCC(O)COP(=O)(O)OC[C@@H](COC(=O)CCCCCCCCCC(C)C)OC(=O)CCCCCCCCC(C)C)OC(=O)CCCCCCCCCCCCCCCCC(C)C. The Morgan fingerprint density at radius 1 is 0.266 bits per heavy atom. The molecule has 0 aliphatic heterocycles. The first-order valence-corrected chi connectivity index (χ1v) is 41.7. The van der Waals surface area contributed by atoms with Crippen molar-refractivity contribution in [2.24, 2.45) is 23.7 Å². The third kappa shape index (κ3) is 68.6. The fourth-order valence-corrected chi connectivity index (χ4v) is 13.0. The Balaban J connectivity index is 5.21. The second-order valence-corrected chi connectivity index (χ2v) is 31.9. The van der Waals surface area contributed by atoms with E-state index in [-0.39, 0.29) is 25.7 Å². The number of unbranched alkanes of at least 4 members (excludes halogenated alkanes) is 38. The molecule has 0 saturated carbocycles. The van der Waals surface area contributed by atoms with Crippen LogP contribution in [-0.2, 0) is 65.4 Å². The highest BCUT2D eigenvalue weighted by Gasteiger charge is 2.30. The molecule has 5 atom stereocenters. The van der Waals surface area contributed by atoms with Gasteiger partial charge in [0.2, 0.25) is 0 Å². The van der Waals surface area contributed by atoms with E-state index in [0.717, 1.165) is 108 Å². The number of ether oxygens (including phenoxy) is 4. The Kier molecular flexibility index (Phi) is 63.1. The summed E-state index contributed by atoms with van der Waals surface area (Å²) in [4.78, 5) is 72.7. The average molecular weight is 1380 g/mol. The first kappa shape index (κ1) is 92.1. The van der Waals surface area contributed by atoms with Gasteiger partial charge in [0.25, 0.3) is 0 Å². The van der Waals surface area contributed by atoms with Gasteiger partial charge in [-0.25, -0.2) is 9.13 Å². The monoisotopic (exact) mass is 1380 g/mol. The van der Waals surface area contributed by atoms with Gasteiger partial charge in [0, 0.05) is 25.7 Å². The van der Waals surface area contributed by atoms with Gasteiger partial charge in [-0.2, -0.15) is 0 Å². The van der Waals surface area contributed by atoms with Gasteiger partial charge >= 0.3 is 39.5 Å². The molecule has 0 aliphatic rings. The van der Waals surface area contributed by atoms with Crippen molar-refractivity contribution in [2.75, 3.05) is 39.6 Å². The first-order valence-electron chi connectivity index (χ1n) is 38.7. The van der Waals surface area contributed by atoms with Crippen molar-refractivity contribution in [2.45, 2.75) is 395 Å². The van der Waals surface area contributed by atoms with Crippen molar-refractivity contribution in [1.29, 1.82) is 0 Å². The largest absolute Gasteiger partial charge is 0.472 e. The number of hydrogen-bond donors (Lipinski definition) is 3. The van der Waals surface area contributed by atoms with Crippen LogP contribution in [0.15, 0.2) is 0 Å². The van der Waals surface area contributed by atoms with E-state index in [4.69, 9.17) is 37.0 Å². The lowest BCUT2D eigenvalue weighted by Gasteiger charge is -2.21. The zero-order valence-electron chi connectivity index (χ0n) is 61.6. The summed E-state index contributed by atoms with van der Waals surface area (Å²) in [7, 11) is -9.91. The Hall–Kier alpha value is -1.94. The average Bonchev–Trinajstić information content (AvgIpc) is 1.68. The van der Waals surface area contributed by atoms with E-state index in [1.807, 2.05) is 0 Å². The molecular formula is C75H146O17P2. The Morgan fingerprint density at radius 2 is 0.447 bits per heavy atom. The summed E-state index contributed by atoms with van der Waals surface area (Å²) in [5, 5.41) is 10.6. The number of aliphatic hydroxyl groups is 1. The number of aliphatic hydroxyl groups excluding tert-OH is 1. The van der Waals surface area contributed by atoms with Gasteiger partial charge in [-0.3, -0.25) is 37.3 Å². The topological polar surface area (TPSA) is 237 Å². The minimum absolute atomic E-state index is 0.101. The highest BCUT2D eigenvalue weighted by atomic mass is 31.2. The smallest absolute Gasteiger partial charge is 0.462 e. The molecule has 17 nitrogen and oxygen atoms in total. The van der Waals surface area contributed by atoms with E-state index < -0.39 is 97.5 Å². The van der Waals surface area contributed by atoms with Crippen LogP contribution in [0.1, 0.15) is 376 Å². The molecule has 0 aromatic rings. The first-order chi connectivity index (χ1) is 45.1. The molecule has 94 heavy (non-hydrogen) atoms. The number of rotatable bonds is 72. The van der Waals surface area contributed by atoms with Crippen LogP contribution in [0.2, 0.25) is 0 Å². The second-order valence-electron chi connectivity index (χ2n) is 28.9. The molecule has 0 fully saturated rings. The molecule has 558 valence electrons. The molecule has 0 amide bonds. The molecule has 19 heteroatoms. The quantitative estimate of drug-likeness (QED) is 0.0222. The van der Waals surface area contributed by atoms with Crippen LogP contribution in [0.4, 0.5) is 0 Å². The number of carbonyl (C=O) groups is 4. The van der Waals surface area contributed by atoms with Crippen molar-refractivity contribution in [3.63, 3.8) is 0 Å². The highest BCUT2D eigenvalue weighted by molar-refractivity contribution is 7.47. The third-order valence-electron chi connectivity index (χ3n) is 17.3. The summed E-state index contributed by atoms with van der Waals surface area (Å²) < 4.78 is 68.4. The minimum Gasteiger partial charge on any atom is -0.462 e. The lowest BCUT2D eigenvalue weighted by atomic mass is 10.0. The molecule has 0 radical (unpaired) electrons. The van der Waals surface area contributed by atoms with Crippen LogP contribution in [0.5, 0.6) is 0 Å². The molecule has 0 bridgehead atoms. The number of phosphoric ester groups is 2. The number of phosphoric acid groups is 2. The molecule has 0 saturated heterocycles. The van der Waals surface area contributed by atoms with E-state index in [0.29, 0.717) is 37.5 Å². The standard InChI is InChI=1S/C75H146O17P2/c1-65(2)51-43-35-27-22-18-14-10-9-11-16-20-24-30-39-47-55-72(77)85-61-70(91-74(79)57-49-41-31-25-21-17-13-12-15-19-23-28-36-44-52-66(3)4)63-89-93(81,82)87-59-69(76)60-88-94(83,84)90-64-71(92-75(80)58-50-42-34-33-38-46-54-68(7)8)62-86-73(78)56-48-40-32-26-29-37-45-53-67(5)6/h65-71,76H,9-64H2,1-8H3,(H,81,82)(H,83,84)/t69?,70-,71-/m1/s1. The maximum Gasteiger partial charge on any atom is 0.472 e. The maximum absolute atomic E-state index is 13.1. The Bertz CT molecular complexity index is 1850. The van der Waals surface area contributed by atoms with Gasteiger partial charge in [-0.05, 0) is 49.4 Å². The number of carbonyl (C=O) groups excluding carboxylic acids is 4. The zero-order chi connectivity index (χ0) is 69.6. The van der Waals surface area contributed by atoms with E-state index >= 15 is 0 Å². The predicted octanol–water partition coefficient (Wildman–Crippen LogP) is 21.7. The Labute approximate surface area is 575 Å². The lowest BCUT2D eigenvalue weighted by molar-refractivity contribution is -0.161. The summed E-state index contributed by atoms with van der Waals surface area (Å²) in [5.41, 5.74) is 0. The molecule has 3 N–H and O–H groups in total. The predicted molar refractivity (Wildman–Crippen MR) is 381 cm³/mol. The molecule has 0 aromatic heterocycles. The van der Waals surface area contributed by atoms with Crippen molar-refractivity contribution >= 4 is 39.5 Å². The lowest BCUT2D eigenvalue weighted by Crippen LogP contribution is -2.30. The number of esters is 4.